The molecular formula is C17H16Cl2N4O. The molecule has 3 N–H and O–H groups in total. The third-order valence-electron chi connectivity index (χ3n) is 3.85. The molecule has 1 aromatic carbocycles. The number of nitrogens with two attached hydrogens (primary N) is 1. The van der Waals surface area contributed by atoms with Gasteiger partial charge in [0.1, 0.15) is 17.5 Å². The fraction of sp³-hybridized carbons (Fsp3) is 0.294. The van der Waals surface area contributed by atoms with E-state index < -0.39 is 5.92 Å². The molecule has 5 nitrogen and oxygen atoms in total. The summed E-state index contributed by atoms with van der Waals surface area (Å²) in [5.74, 6) is 0.669. The Morgan fingerprint density at radius 1 is 1.33 bits per heavy atom. The van der Waals surface area contributed by atoms with Gasteiger partial charge in [0.25, 0.3) is 0 Å². The number of imidazole rings is 1. The molecule has 1 aromatic heterocycles. The Morgan fingerprint density at radius 3 is 2.62 bits per heavy atom. The first-order valence-electron chi connectivity index (χ1n) is 7.35. The Balaban J connectivity index is 2.23. The maximum atomic E-state index is 9.56. The first-order valence-corrected chi connectivity index (χ1v) is 8.11. The summed E-state index contributed by atoms with van der Waals surface area (Å²) in [5.41, 5.74) is 7.40. The minimum absolute atomic E-state index is 0.0352. The number of hydrogen-bond donors (Lipinski definition) is 2. The lowest BCUT2D eigenvalue weighted by atomic mass is 9.87. The number of rotatable bonds is 1. The van der Waals surface area contributed by atoms with Gasteiger partial charge in [0.2, 0.25) is 11.8 Å². The predicted molar refractivity (Wildman–Crippen MR) is 93.0 cm³/mol. The fourth-order valence-corrected chi connectivity index (χ4v) is 3.13. The summed E-state index contributed by atoms with van der Waals surface area (Å²) >= 11 is 12.4. The zero-order chi connectivity index (χ0) is 17.6. The van der Waals surface area contributed by atoms with Gasteiger partial charge in [-0.15, -0.1) is 0 Å². The number of nitrogens with one attached hydrogen (secondary N) is 1. The Morgan fingerprint density at radius 2 is 2.04 bits per heavy atom. The first kappa shape index (κ1) is 16.7. The zero-order valence-electron chi connectivity index (χ0n) is 13.4. The van der Waals surface area contributed by atoms with Crippen LogP contribution in [0.2, 0.25) is 10.0 Å². The van der Waals surface area contributed by atoms with E-state index in [1.165, 1.54) is 0 Å². The molecule has 1 atom stereocenters. The van der Waals surface area contributed by atoms with E-state index in [2.05, 4.69) is 16.0 Å². The molecule has 0 radical (unpaired) electrons. The first-order chi connectivity index (χ1) is 11.2. The minimum atomic E-state index is -0.480. The molecule has 0 spiro atoms. The van der Waals surface area contributed by atoms with Crippen molar-refractivity contribution in [1.29, 1.82) is 5.26 Å². The second kappa shape index (κ2) is 5.73. The van der Waals surface area contributed by atoms with Crippen LogP contribution >= 0.6 is 23.2 Å². The molecule has 1 aliphatic heterocycles. The molecule has 1 aliphatic rings. The molecule has 0 saturated heterocycles. The van der Waals surface area contributed by atoms with Crippen molar-refractivity contribution < 1.29 is 4.74 Å². The Labute approximate surface area is 150 Å². The molecule has 0 unspecified atom stereocenters. The SMILES string of the molecule is CC(C)(C)c1nc2c([nH]1)[C@@H](c1ccc(Cl)cc1Cl)C(C#N)=C(N)O2. The van der Waals surface area contributed by atoms with Crippen molar-refractivity contribution in [2.24, 2.45) is 5.73 Å². The summed E-state index contributed by atoms with van der Waals surface area (Å²) in [6, 6.07) is 7.27. The zero-order valence-corrected chi connectivity index (χ0v) is 15.0. The summed E-state index contributed by atoms with van der Waals surface area (Å²) in [4.78, 5) is 7.77. The maximum absolute atomic E-state index is 9.56. The number of nitriles is 1. The number of benzene rings is 1. The molecule has 7 heteroatoms. The number of ether oxygens (including phenoxy) is 1. The molecule has 2 heterocycles. The Hall–Kier alpha value is -2.16. The maximum Gasteiger partial charge on any atom is 0.243 e. The number of aromatic amines is 1. The average molecular weight is 363 g/mol. The van der Waals surface area contributed by atoms with E-state index in [0.717, 1.165) is 5.82 Å². The number of aromatic nitrogens is 2. The number of halogens is 2. The molecule has 2 aromatic rings. The topological polar surface area (TPSA) is 87.7 Å². The molecule has 0 aliphatic carbocycles. The van der Waals surface area contributed by atoms with Crippen molar-refractivity contribution in [3.05, 3.63) is 56.8 Å². The largest absolute Gasteiger partial charge is 0.420 e. The summed E-state index contributed by atoms with van der Waals surface area (Å²) in [7, 11) is 0. The molecule has 0 saturated carbocycles. The highest BCUT2D eigenvalue weighted by atomic mass is 35.5. The number of allylic oxidation sites excluding steroid dienone is 1. The standard InChI is InChI=1S/C17H16Cl2N4O/c1-17(2,3)16-22-13-12(9-5-4-8(18)6-11(9)19)10(7-20)14(21)24-15(13)23-16/h4-6,12H,21H2,1-3H3,(H,22,23)/t12-/m0/s1. The van der Waals surface area contributed by atoms with Gasteiger partial charge in [-0.25, -0.2) is 0 Å². The molecule has 24 heavy (non-hydrogen) atoms. The third kappa shape index (κ3) is 2.72. The second-order valence-electron chi connectivity index (χ2n) is 6.64. The van der Waals surface area contributed by atoms with Gasteiger partial charge in [0.15, 0.2) is 0 Å². The van der Waals surface area contributed by atoms with Crippen LogP contribution in [0.1, 0.15) is 43.8 Å². The predicted octanol–water partition coefficient (Wildman–Crippen LogP) is 4.23. The van der Waals surface area contributed by atoms with Gasteiger partial charge in [-0.2, -0.15) is 10.2 Å². The summed E-state index contributed by atoms with van der Waals surface area (Å²) in [6.07, 6.45) is 0. The fourth-order valence-electron chi connectivity index (χ4n) is 2.61. The highest BCUT2D eigenvalue weighted by molar-refractivity contribution is 6.35. The number of hydrogen-bond acceptors (Lipinski definition) is 4. The van der Waals surface area contributed by atoms with Gasteiger partial charge < -0.3 is 15.5 Å². The lowest BCUT2D eigenvalue weighted by Gasteiger charge is -2.23. The second-order valence-corrected chi connectivity index (χ2v) is 7.49. The van der Waals surface area contributed by atoms with Crippen LogP contribution in [0.4, 0.5) is 0 Å². The van der Waals surface area contributed by atoms with Crippen LogP contribution in [0.25, 0.3) is 0 Å². The van der Waals surface area contributed by atoms with Crippen molar-refractivity contribution in [3.8, 4) is 11.9 Å². The summed E-state index contributed by atoms with van der Waals surface area (Å²) in [6.45, 7) is 6.09. The van der Waals surface area contributed by atoms with Crippen LogP contribution in [-0.2, 0) is 5.41 Å². The van der Waals surface area contributed by atoms with Crippen molar-refractivity contribution in [2.75, 3.05) is 0 Å². The van der Waals surface area contributed by atoms with Gasteiger partial charge in [0, 0.05) is 15.5 Å². The lowest BCUT2D eigenvalue weighted by Crippen LogP contribution is -2.21. The van der Waals surface area contributed by atoms with E-state index >= 15 is 0 Å². The molecular weight excluding hydrogens is 347 g/mol. The number of H-pyrrole nitrogens is 1. The van der Waals surface area contributed by atoms with Crippen LogP contribution in [0.5, 0.6) is 5.88 Å². The van der Waals surface area contributed by atoms with Crippen molar-refractivity contribution in [2.45, 2.75) is 32.1 Å². The van der Waals surface area contributed by atoms with Crippen molar-refractivity contribution in [1.82, 2.24) is 9.97 Å². The van der Waals surface area contributed by atoms with E-state index in [-0.39, 0.29) is 16.9 Å². The van der Waals surface area contributed by atoms with Crippen molar-refractivity contribution >= 4 is 23.2 Å². The summed E-state index contributed by atoms with van der Waals surface area (Å²) in [5, 5.41) is 10.5. The van der Waals surface area contributed by atoms with Gasteiger partial charge in [-0.05, 0) is 17.7 Å². The van der Waals surface area contributed by atoms with Crippen LogP contribution in [0.3, 0.4) is 0 Å². The Bertz CT molecular complexity index is 887. The highest BCUT2D eigenvalue weighted by Crippen LogP contribution is 2.44. The van der Waals surface area contributed by atoms with E-state index in [0.29, 0.717) is 27.2 Å². The highest BCUT2D eigenvalue weighted by Gasteiger charge is 2.36. The van der Waals surface area contributed by atoms with E-state index in [1.54, 1.807) is 18.2 Å². The monoisotopic (exact) mass is 362 g/mol. The molecule has 0 fully saturated rings. The number of nitrogens with zero attached hydrogens (tertiary/aromatic N) is 2. The smallest absolute Gasteiger partial charge is 0.243 e. The molecule has 0 amide bonds. The van der Waals surface area contributed by atoms with Crippen LogP contribution in [-0.4, -0.2) is 9.97 Å². The quantitative estimate of drug-likeness (QED) is 0.794. The van der Waals surface area contributed by atoms with Crippen molar-refractivity contribution in [3.63, 3.8) is 0 Å². The van der Waals surface area contributed by atoms with E-state index in [1.807, 2.05) is 20.8 Å². The van der Waals surface area contributed by atoms with Crippen LogP contribution in [0, 0.1) is 11.3 Å². The summed E-state index contributed by atoms with van der Waals surface area (Å²) < 4.78 is 5.55. The normalized spacial score (nSPS) is 17.2. The molecule has 0 bridgehead atoms. The lowest BCUT2D eigenvalue weighted by molar-refractivity contribution is 0.378. The van der Waals surface area contributed by atoms with Gasteiger partial charge in [0.05, 0.1) is 11.6 Å². The molecule has 3 rings (SSSR count). The van der Waals surface area contributed by atoms with Gasteiger partial charge >= 0.3 is 0 Å². The Kier molecular flexibility index (Phi) is 3.98. The van der Waals surface area contributed by atoms with E-state index in [9.17, 15) is 5.26 Å². The van der Waals surface area contributed by atoms with Gasteiger partial charge in [-0.1, -0.05) is 50.0 Å². The van der Waals surface area contributed by atoms with Crippen LogP contribution < -0.4 is 10.5 Å². The number of fused-ring (bicyclic) bond motifs is 1. The van der Waals surface area contributed by atoms with Gasteiger partial charge in [-0.3, -0.25) is 0 Å². The average Bonchev–Trinajstić information content (AvgIpc) is 2.90. The third-order valence-corrected chi connectivity index (χ3v) is 4.41. The van der Waals surface area contributed by atoms with E-state index in [4.69, 9.17) is 33.7 Å². The molecule has 124 valence electrons. The minimum Gasteiger partial charge on any atom is -0.420 e. The van der Waals surface area contributed by atoms with Crippen LogP contribution in [0.15, 0.2) is 29.7 Å².